The molecule has 2 heterocycles. The third-order valence-corrected chi connectivity index (χ3v) is 4.40. The number of hydrogen-bond donors (Lipinski definition) is 0. The van der Waals surface area contributed by atoms with Gasteiger partial charge >= 0.3 is 0 Å². The molecule has 1 aromatic rings. The monoisotopic (exact) mass is 230 g/mol. The van der Waals surface area contributed by atoms with Gasteiger partial charge in [-0.15, -0.1) is 0 Å². The average Bonchev–Trinajstić information content (AvgIpc) is 2.88. The summed E-state index contributed by atoms with van der Waals surface area (Å²) in [6.45, 7) is 6.30. The van der Waals surface area contributed by atoms with Gasteiger partial charge < -0.3 is 4.90 Å². The fourth-order valence-electron chi connectivity index (χ4n) is 3.50. The molecule has 1 atom stereocenters. The van der Waals surface area contributed by atoms with Crippen LogP contribution in [0, 0.1) is 5.41 Å². The van der Waals surface area contributed by atoms with Crippen LogP contribution in [0.25, 0.3) is 0 Å². The topological polar surface area (TPSA) is 6.48 Å². The largest absolute Gasteiger partial charge is 0.306 e. The number of likely N-dealkylation sites (tertiary alicyclic amines) is 2. The van der Waals surface area contributed by atoms with Crippen LogP contribution in [-0.4, -0.2) is 43.0 Å². The van der Waals surface area contributed by atoms with E-state index in [0.717, 1.165) is 6.54 Å². The molecule has 0 amide bonds. The molecule has 2 saturated heterocycles. The second kappa shape index (κ2) is 4.43. The molecule has 0 N–H and O–H groups in total. The summed E-state index contributed by atoms with van der Waals surface area (Å²) in [4.78, 5) is 5.13. The Kier molecular flexibility index (Phi) is 2.93. The minimum absolute atomic E-state index is 0.615. The predicted octanol–water partition coefficient (Wildman–Crippen LogP) is 2.21. The molecule has 0 unspecified atom stereocenters. The van der Waals surface area contributed by atoms with E-state index in [-0.39, 0.29) is 0 Å². The van der Waals surface area contributed by atoms with Gasteiger partial charge in [-0.3, -0.25) is 4.90 Å². The van der Waals surface area contributed by atoms with Crippen LogP contribution >= 0.6 is 0 Å². The van der Waals surface area contributed by atoms with E-state index < -0.39 is 0 Å². The van der Waals surface area contributed by atoms with Crippen molar-refractivity contribution >= 4 is 0 Å². The summed E-state index contributed by atoms with van der Waals surface area (Å²) in [6.07, 6.45) is 2.79. The predicted molar refractivity (Wildman–Crippen MR) is 70.9 cm³/mol. The molecule has 17 heavy (non-hydrogen) atoms. The van der Waals surface area contributed by atoms with Crippen LogP contribution in [-0.2, 0) is 6.54 Å². The molecular weight excluding hydrogens is 208 g/mol. The summed E-state index contributed by atoms with van der Waals surface area (Å²) in [6, 6.07) is 10.9. The number of benzene rings is 1. The van der Waals surface area contributed by atoms with E-state index in [1.165, 1.54) is 44.6 Å². The maximum absolute atomic E-state index is 2.63. The lowest BCUT2D eigenvalue weighted by molar-refractivity contribution is 0.250. The van der Waals surface area contributed by atoms with E-state index in [2.05, 4.69) is 47.2 Å². The van der Waals surface area contributed by atoms with Gasteiger partial charge in [-0.2, -0.15) is 0 Å². The zero-order valence-electron chi connectivity index (χ0n) is 10.7. The van der Waals surface area contributed by atoms with Crippen LogP contribution in [0.2, 0.25) is 0 Å². The van der Waals surface area contributed by atoms with Crippen molar-refractivity contribution in [1.82, 2.24) is 9.80 Å². The second-order valence-electron chi connectivity index (χ2n) is 5.93. The van der Waals surface area contributed by atoms with Crippen molar-refractivity contribution in [3.8, 4) is 0 Å². The Labute approximate surface area is 104 Å². The van der Waals surface area contributed by atoms with Crippen molar-refractivity contribution in [2.75, 3.05) is 33.2 Å². The van der Waals surface area contributed by atoms with Gasteiger partial charge in [-0.05, 0) is 44.0 Å². The lowest BCUT2D eigenvalue weighted by Gasteiger charge is -2.23. The van der Waals surface area contributed by atoms with E-state index in [0.29, 0.717) is 5.41 Å². The molecule has 0 aliphatic carbocycles. The number of rotatable bonds is 2. The van der Waals surface area contributed by atoms with Crippen LogP contribution < -0.4 is 0 Å². The molecule has 0 radical (unpaired) electrons. The third kappa shape index (κ3) is 2.38. The van der Waals surface area contributed by atoms with E-state index in [4.69, 9.17) is 0 Å². The first-order chi connectivity index (χ1) is 8.26. The Balaban J connectivity index is 1.61. The zero-order chi connectivity index (χ0) is 11.7. The van der Waals surface area contributed by atoms with E-state index in [1.54, 1.807) is 0 Å². The molecule has 0 bridgehead atoms. The number of nitrogens with zero attached hydrogens (tertiary/aromatic N) is 2. The first kappa shape index (κ1) is 11.2. The summed E-state index contributed by atoms with van der Waals surface area (Å²) in [5.41, 5.74) is 2.07. The SMILES string of the molecule is CN1CC[C@]2(CCN(Cc3ccccc3)C2)C1. The minimum Gasteiger partial charge on any atom is -0.306 e. The maximum Gasteiger partial charge on any atom is 0.0233 e. The molecule has 1 spiro atoms. The van der Waals surface area contributed by atoms with E-state index in [1.807, 2.05) is 0 Å². The summed E-state index contributed by atoms with van der Waals surface area (Å²) < 4.78 is 0. The quantitative estimate of drug-likeness (QED) is 0.768. The van der Waals surface area contributed by atoms with Gasteiger partial charge in [0.15, 0.2) is 0 Å². The highest BCUT2D eigenvalue weighted by Gasteiger charge is 2.41. The molecule has 2 nitrogen and oxygen atoms in total. The Morgan fingerprint density at radius 2 is 1.82 bits per heavy atom. The zero-order valence-corrected chi connectivity index (χ0v) is 10.7. The Morgan fingerprint density at radius 3 is 2.53 bits per heavy atom. The van der Waals surface area contributed by atoms with E-state index in [9.17, 15) is 0 Å². The van der Waals surface area contributed by atoms with Crippen LogP contribution in [0.3, 0.4) is 0 Å². The molecule has 1 aromatic carbocycles. The van der Waals surface area contributed by atoms with Gasteiger partial charge in [0.25, 0.3) is 0 Å². The summed E-state index contributed by atoms with van der Waals surface area (Å²) in [7, 11) is 2.26. The smallest absolute Gasteiger partial charge is 0.0233 e. The van der Waals surface area contributed by atoms with Gasteiger partial charge in [-0.1, -0.05) is 30.3 Å². The molecule has 2 fully saturated rings. The van der Waals surface area contributed by atoms with Crippen molar-refractivity contribution in [2.24, 2.45) is 5.41 Å². The number of hydrogen-bond acceptors (Lipinski definition) is 2. The first-order valence-corrected chi connectivity index (χ1v) is 6.71. The van der Waals surface area contributed by atoms with Gasteiger partial charge in [0.2, 0.25) is 0 Å². The summed E-state index contributed by atoms with van der Waals surface area (Å²) >= 11 is 0. The molecule has 3 rings (SSSR count). The molecule has 0 saturated carbocycles. The van der Waals surface area contributed by atoms with Crippen LogP contribution in [0.15, 0.2) is 30.3 Å². The van der Waals surface area contributed by atoms with Crippen molar-refractivity contribution < 1.29 is 0 Å². The molecular formula is C15H22N2. The van der Waals surface area contributed by atoms with Crippen molar-refractivity contribution in [3.05, 3.63) is 35.9 Å². The van der Waals surface area contributed by atoms with Gasteiger partial charge in [0, 0.05) is 19.6 Å². The molecule has 92 valence electrons. The van der Waals surface area contributed by atoms with Gasteiger partial charge in [0.1, 0.15) is 0 Å². The van der Waals surface area contributed by atoms with Gasteiger partial charge in [-0.25, -0.2) is 0 Å². The Hall–Kier alpha value is -0.860. The lowest BCUT2D eigenvalue weighted by atomic mass is 9.86. The highest BCUT2D eigenvalue weighted by molar-refractivity contribution is 5.15. The highest BCUT2D eigenvalue weighted by Crippen LogP contribution is 2.39. The second-order valence-corrected chi connectivity index (χ2v) is 5.93. The lowest BCUT2D eigenvalue weighted by Crippen LogP contribution is -2.29. The fourth-order valence-corrected chi connectivity index (χ4v) is 3.50. The van der Waals surface area contributed by atoms with Crippen LogP contribution in [0.4, 0.5) is 0 Å². The van der Waals surface area contributed by atoms with Crippen molar-refractivity contribution in [1.29, 1.82) is 0 Å². The molecule has 0 aromatic heterocycles. The summed E-state index contributed by atoms with van der Waals surface area (Å²) in [5.74, 6) is 0. The minimum atomic E-state index is 0.615. The average molecular weight is 230 g/mol. The van der Waals surface area contributed by atoms with Crippen molar-refractivity contribution in [2.45, 2.75) is 19.4 Å². The summed E-state index contributed by atoms with van der Waals surface area (Å²) in [5, 5.41) is 0. The molecule has 2 aliphatic heterocycles. The van der Waals surface area contributed by atoms with E-state index >= 15 is 0 Å². The normalized spacial score (nSPS) is 30.4. The third-order valence-electron chi connectivity index (χ3n) is 4.40. The first-order valence-electron chi connectivity index (χ1n) is 6.71. The fraction of sp³-hybridized carbons (Fsp3) is 0.600. The van der Waals surface area contributed by atoms with Crippen LogP contribution in [0.1, 0.15) is 18.4 Å². The maximum atomic E-state index is 2.63. The Bertz CT molecular complexity index is 376. The van der Waals surface area contributed by atoms with Crippen molar-refractivity contribution in [3.63, 3.8) is 0 Å². The Morgan fingerprint density at radius 1 is 1.06 bits per heavy atom. The van der Waals surface area contributed by atoms with Crippen LogP contribution in [0.5, 0.6) is 0 Å². The molecule has 2 heteroatoms. The van der Waals surface area contributed by atoms with Gasteiger partial charge in [0.05, 0.1) is 0 Å². The molecule has 2 aliphatic rings. The standard InChI is InChI=1S/C15H22N2/c1-16-9-7-15(12-16)8-10-17(13-15)11-14-5-3-2-4-6-14/h2-6H,7-13H2,1H3/t15-/m0/s1. The highest BCUT2D eigenvalue weighted by atomic mass is 15.2.